The molecule has 0 atom stereocenters. The van der Waals surface area contributed by atoms with Crippen LogP contribution in [0.5, 0.6) is 0 Å². The fourth-order valence-electron chi connectivity index (χ4n) is 3.25. The Kier molecular flexibility index (Phi) is 6.21. The lowest BCUT2D eigenvalue weighted by Gasteiger charge is -2.31. The van der Waals surface area contributed by atoms with E-state index in [0.29, 0.717) is 0 Å². The van der Waals surface area contributed by atoms with E-state index in [9.17, 15) is 22.8 Å². The number of halogens is 3. The molecule has 0 unspecified atom stereocenters. The van der Waals surface area contributed by atoms with Crippen molar-refractivity contribution in [1.82, 2.24) is 9.47 Å². The van der Waals surface area contributed by atoms with E-state index in [-0.39, 0.29) is 23.3 Å². The molecule has 0 aliphatic carbocycles. The Hall–Kier alpha value is -2.77. The highest BCUT2D eigenvalue weighted by atomic mass is 19.4. The summed E-state index contributed by atoms with van der Waals surface area (Å²) >= 11 is 0. The van der Waals surface area contributed by atoms with Crippen molar-refractivity contribution >= 4 is 11.9 Å². The van der Waals surface area contributed by atoms with E-state index >= 15 is 0 Å². The minimum Gasteiger partial charge on any atom is -0.465 e. The normalized spacial score (nSPS) is 11.8. The topological polar surface area (TPSA) is 51.5 Å². The van der Waals surface area contributed by atoms with Gasteiger partial charge in [0.25, 0.3) is 5.91 Å². The summed E-state index contributed by atoms with van der Waals surface area (Å²) in [6.45, 7) is 7.31. The smallest absolute Gasteiger partial charge is 0.418 e. The summed E-state index contributed by atoms with van der Waals surface area (Å²) in [4.78, 5) is 26.8. The van der Waals surface area contributed by atoms with E-state index in [0.717, 1.165) is 23.8 Å². The van der Waals surface area contributed by atoms with Gasteiger partial charge in [0.2, 0.25) is 0 Å². The van der Waals surface area contributed by atoms with Crippen molar-refractivity contribution in [3.8, 4) is 5.69 Å². The molecule has 0 radical (unpaired) electrons. The Morgan fingerprint density at radius 1 is 1.04 bits per heavy atom. The average Bonchev–Trinajstić information content (AvgIpc) is 3.08. The maximum atomic E-state index is 13.7. The molecule has 0 N–H and O–H groups in total. The molecule has 8 heteroatoms. The molecule has 1 heterocycles. The molecule has 0 fully saturated rings. The molecule has 2 rings (SSSR count). The molecular weight excluding hydrogens is 373 g/mol. The fourth-order valence-corrected chi connectivity index (χ4v) is 3.25. The summed E-state index contributed by atoms with van der Waals surface area (Å²) in [7, 11) is 1.09. The number of benzene rings is 1. The van der Waals surface area contributed by atoms with Gasteiger partial charge in [0, 0.05) is 18.3 Å². The van der Waals surface area contributed by atoms with Gasteiger partial charge in [-0.05, 0) is 52.0 Å². The molecule has 2 aromatic rings. The van der Waals surface area contributed by atoms with E-state index in [1.807, 2.05) is 27.7 Å². The summed E-state index contributed by atoms with van der Waals surface area (Å²) < 4.78 is 46.8. The maximum absolute atomic E-state index is 13.7. The number of methoxy groups -OCH3 is 1. The van der Waals surface area contributed by atoms with Gasteiger partial charge in [0.05, 0.1) is 23.9 Å². The molecule has 0 aliphatic rings. The zero-order chi connectivity index (χ0) is 21.2. The number of carbonyl (C=O) groups is 2. The lowest BCUT2D eigenvalue weighted by molar-refractivity contribution is -0.137. The quantitative estimate of drug-likeness (QED) is 0.697. The van der Waals surface area contributed by atoms with Crippen molar-refractivity contribution in [2.45, 2.75) is 46.0 Å². The molecule has 152 valence electrons. The molecule has 0 saturated heterocycles. The summed E-state index contributed by atoms with van der Waals surface area (Å²) in [5.74, 6) is -1.35. The van der Waals surface area contributed by atoms with Crippen LogP contribution in [-0.4, -0.2) is 40.5 Å². The predicted octanol–water partition coefficient (Wildman–Crippen LogP) is 4.54. The van der Waals surface area contributed by atoms with Crippen LogP contribution in [0, 0.1) is 0 Å². The van der Waals surface area contributed by atoms with Crippen molar-refractivity contribution in [1.29, 1.82) is 0 Å². The fraction of sp³-hybridized carbons (Fsp3) is 0.400. The van der Waals surface area contributed by atoms with Gasteiger partial charge >= 0.3 is 12.1 Å². The summed E-state index contributed by atoms with van der Waals surface area (Å²) in [6.07, 6.45) is -3.39. The van der Waals surface area contributed by atoms with Gasteiger partial charge in [-0.15, -0.1) is 0 Å². The van der Waals surface area contributed by atoms with Crippen LogP contribution in [0.3, 0.4) is 0 Å². The third-order valence-corrected chi connectivity index (χ3v) is 4.30. The van der Waals surface area contributed by atoms with Crippen molar-refractivity contribution in [3.05, 3.63) is 53.3 Å². The minimum absolute atomic E-state index is 0.0317. The largest absolute Gasteiger partial charge is 0.465 e. The van der Waals surface area contributed by atoms with Gasteiger partial charge in [-0.3, -0.25) is 4.79 Å². The highest BCUT2D eigenvalue weighted by molar-refractivity contribution is 5.97. The van der Waals surface area contributed by atoms with Crippen LogP contribution < -0.4 is 0 Å². The number of alkyl halides is 3. The first-order valence-corrected chi connectivity index (χ1v) is 8.79. The Morgan fingerprint density at radius 3 is 2.14 bits per heavy atom. The number of aromatic nitrogens is 1. The van der Waals surface area contributed by atoms with E-state index in [1.165, 1.54) is 24.4 Å². The molecule has 0 bridgehead atoms. The number of rotatable bonds is 5. The summed E-state index contributed by atoms with van der Waals surface area (Å²) in [6, 6.07) is 5.85. The number of hydrogen-bond donors (Lipinski definition) is 0. The van der Waals surface area contributed by atoms with Crippen LogP contribution in [0.4, 0.5) is 13.2 Å². The summed E-state index contributed by atoms with van der Waals surface area (Å²) in [5.41, 5.74) is -1.70. The summed E-state index contributed by atoms with van der Waals surface area (Å²) in [5, 5.41) is 0. The highest BCUT2D eigenvalue weighted by Gasteiger charge is 2.37. The Balaban J connectivity index is 2.76. The van der Waals surface area contributed by atoms with Crippen molar-refractivity contribution in [2.24, 2.45) is 0 Å². The Bertz CT molecular complexity index is 862. The first kappa shape index (κ1) is 21.5. The van der Waals surface area contributed by atoms with Crippen LogP contribution in [-0.2, 0) is 10.9 Å². The molecular formula is C20H23F3N2O3. The van der Waals surface area contributed by atoms with Crippen LogP contribution in [0.15, 0.2) is 36.5 Å². The molecule has 1 aromatic carbocycles. The number of nitrogens with zero attached hydrogens (tertiary/aromatic N) is 2. The molecule has 28 heavy (non-hydrogen) atoms. The van der Waals surface area contributed by atoms with Crippen molar-refractivity contribution in [3.63, 3.8) is 0 Å². The number of hydrogen-bond acceptors (Lipinski definition) is 3. The monoisotopic (exact) mass is 396 g/mol. The number of esters is 1. The van der Waals surface area contributed by atoms with E-state index in [1.54, 1.807) is 4.90 Å². The number of para-hydroxylation sites is 1. The third kappa shape index (κ3) is 4.05. The zero-order valence-electron chi connectivity index (χ0n) is 16.4. The van der Waals surface area contributed by atoms with Gasteiger partial charge in [-0.25, -0.2) is 4.79 Å². The first-order valence-electron chi connectivity index (χ1n) is 8.79. The molecule has 0 saturated carbocycles. The molecule has 1 amide bonds. The Labute approximate surface area is 161 Å². The third-order valence-electron chi connectivity index (χ3n) is 4.30. The lowest BCUT2D eigenvalue weighted by Crippen LogP contribution is -2.42. The standard InChI is InChI=1S/C20H23F3N2O3/c1-12(2)25(13(3)4)18(26)16-10-7-11-24(16)17-14(19(27)28-5)8-6-9-15(17)20(21,22)23/h6-13H,1-5H3. The van der Waals surface area contributed by atoms with Crippen LogP contribution in [0.25, 0.3) is 5.69 Å². The highest BCUT2D eigenvalue weighted by Crippen LogP contribution is 2.36. The van der Waals surface area contributed by atoms with Gasteiger partial charge in [-0.2, -0.15) is 13.2 Å². The van der Waals surface area contributed by atoms with E-state index < -0.39 is 29.3 Å². The molecule has 5 nitrogen and oxygen atoms in total. The second-order valence-corrected chi connectivity index (χ2v) is 6.85. The van der Waals surface area contributed by atoms with E-state index in [4.69, 9.17) is 0 Å². The number of ether oxygens (including phenoxy) is 1. The van der Waals surface area contributed by atoms with E-state index in [2.05, 4.69) is 4.74 Å². The van der Waals surface area contributed by atoms with Gasteiger partial charge in [0.1, 0.15) is 5.69 Å². The molecule has 0 aliphatic heterocycles. The number of amides is 1. The van der Waals surface area contributed by atoms with Crippen LogP contribution in [0.2, 0.25) is 0 Å². The van der Waals surface area contributed by atoms with Gasteiger partial charge < -0.3 is 14.2 Å². The van der Waals surface area contributed by atoms with Crippen molar-refractivity contribution in [2.75, 3.05) is 7.11 Å². The minimum atomic E-state index is -4.72. The SMILES string of the molecule is COC(=O)c1cccc(C(F)(F)F)c1-n1cccc1C(=O)N(C(C)C)C(C)C. The second kappa shape index (κ2) is 8.08. The average molecular weight is 396 g/mol. The van der Waals surface area contributed by atoms with Crippen LogP contribution in [0.1, 0.15) is 54.1 Å². The lowest BCUT2D eigenvalue weighted by atomic mass is 10.1. The zero-order valence-corrected chi connectivity index (χ0v) is 16.4. The predicted molar refractivity (Wildman–Crippen MR) is 98.6 cm³/mol. The molecule has 1 aromatic heterocycles. The number of carbonyl (C=O) groups excluding carboxylic acids is 2. The van der Waals surface area contributed by atoms with Crippen molar-refractivity contribution < 1.29 is 27.5 Å². The molecule has 0 spiro atoms. The Morgan fingerprint density at radius 2 is 1.64 bits per heavy atom. The van der Waals surface area contributed by atoms with Gasteiger partial charge in [-0.1, -0.05) is 6.07 Å². The second-order valence-electron chi connectivity index (χ2n) is 6.85. The van der Waals surface area contributed by atoms with Crippen LogP contribution >= 0.6 is 0 Å². The first-order chi connectivity index (χ1) is 13.0. The van der Waals surface area contributed by atoms with Gasteiger partial charge in [0.15, 0.2) is 0 Å². The maximum Gasteiger partial charge on any atom is 0.418 e.